The highest BCUT2D eigenvalue weighted by Gasteiger charge is 2.14. The number of aromatic nitrogens is 1. The maximum atomic E-state index is 11.7. The third kappa shape index (κ3) is 4.84. The zero-order chi connectivity index (χ0) is 15.1. The number of thiazole rings is 1. The number of ether oxygens (including phenoxy) is 1. The number of aromatic carboxylic acids is 1. The quantitative estimate of drug-likeness (QED) is 0.743. The minimum Gasteiger partial charge on any atom is -0.476 e. The number of rotatable bonds is 6. The van der Waals surface area contributed by atoms with Gasteiger partial charge in [0, 0.05) is 12.4 Å². The molecule has 110 valence electrons. The van der Waals surface area contributed by atoms with Gasteiger partial charge in [-0.15, -0.1) is 11.3 Å². The zero-order valence-corrected chi connectivity index (χ0v) is 11.9. The Morgan fingerprint density at radius 1 is 1.50 bits per heavy atom. The molecule has 0 fully saturated rings. The summed E-state index contributed by atoms with van der Waals surface area (Å²) in [5.74, 6) is -1.61. The van der Waals surface area contributed by atoms with E-state index in [1.807, 2.05) is 0 Å². The lowest BCUT2D eigenvalue weighted by atomic mass is 10.5. The van der Waals surface area contributed by atoms with Crippen LogP contribution >= 0.6 is 11.3 Å². The first kappa shape index (κ1) is 15.9. The smallest absolute Gasteiger partial charge is 0.355 e. The second-order valence-corrected chi connectivity index (χ2v) is 4.69. The number of carbonyl (C=O) groups excluding carboxylic acids is 2. The van der Waals surface area contributed by atoms with E-state index in [1.165, 1.54) is 17.3 Å². The van der Waals surface area contributed by atoms with Crippen molar-refractivity contribution < 1.29 is 24.2 Å². The standard InChI is InChI=1S/C11H15N3O5S/c1-3-19-9(15)5-14(2)11(18)12-4-8-13-7(6-20-8)10(16)17/h6H,3-5H2,1-2H3,(H,12,18)(H,16,17). The van der Waals surface area contributed by atoms with Crippen molar-refractivity contribution in [3.63, 3.8) is 0 Å². The van der Waals surface area contributed by atoms with Gasteiger partial charge in [-0.25, -0.2) is 14.6 Å². The lowest BCUT2D eigenvalue weighted by molar-refractivity contribution is -0.143. The van der Waals surface area contributed by atoms with E-state index in [4.69, 9.17) is 9.84 Å². The van der Waals surface area contributed by atoms with Gasteiger partial charge in [-0.3, -0.25) is 4.79 Å². The van der Waals surface area contributed by atoms with E-state index in [0.717, 1.165) is 11.3 Å². The van der Waals surface area contributed by atoms with Gasteiger partial charge in [-0.2, -0.15) is 0 Å². The number of likely N-dealkylation sites (N-methyl/N-ethyl adjacent to an activating group) is 1. The van der Waals surface area contributed by atoms with Gasteiger partial charge in [0.2, 0.25) is 0 Å². The van der Waals surface area contributed by atoms with Gasteiger partial charge in [0.1, 0.15) is 11.6 Å². The van der Waals surface area contributed by atoms with Gasteiger partial charge in [-0.1, -0.05) is 0 Å². The largest absolute Gasteiger partial charge is 0.476 e. The molecular weight excluding hydrogens is 286 g/mol. The summed E-state index contributed by atoms with van der Waals surface area (Å²) in [5, 5.41) is 13.1. The number of carboxylic acid groups (broad SMARTS) is 1. The van der Waals surface area contributed by atoms with E-state index >= 15 is 0 Å². The molecule has 0 unspecified atom stereocenters. The fraction of sp³-hybridized carbons (Fsp3) is 0.455. The zero-order valence-electron chi connectivity index (χ0n) is 11.1. The van der Waals surface area contributed by atoms with Crippen molar-refractivity contribution in [2.45, 2.75) is 13.5 Å². The molecule has 20 heavy (non-hydrogen) atoms. The van der Waals surface area contributed by atoms with E-state index in [-0.39, 0.29) is 25.4 Å². The predicted molar refractivity (Wildman–Crippen MR) is 70.6 cm³/mol. The highest BCUT2D eigenvalue weighted by atomic mass is 32.1. The molecule has 1 aromatic rings. The van der Waals surface area contributed by atoms with Crippen molar-refractivity contribution in [3.8, 4) is 0 Å². The molecule has 1 aromatic heterocycles. The number of urea groups is 1. The summed E-state index contributed by atoms with van der Waals surface area (Å²) >= 11 is 1.14. The molecule has 0 bridgehead atoms. The van der Waals surface area contributed by atoms with Crippen LogP contribution in [0.4, 0.5) is 4.79 Å². The molecule has 2 amide bonds. The maximum Gasteiger partial charge on any atom is 0.355 e. The Balaban J connectivity index is 2.41. The minimum absolute atomic E-state index is 0.0564. The molecule has 0 saturated heterocycles. The average Bonchev–Trinajstić information content (AvgIpc) is 2.85. The first-order valence-corrected chi connectivity index (χ1v) is 6.64. The first-order chi connectivity index (χ1) is 9.43. The van der Waals surface area contributed by atoms with Crippen molar-refractivity contribution in [1.29, 1.82) is 0 Å². The van der Waals surface area contributed by atoms with Crippen LogP contribution < -0.4 is 5.32 Å². The molecule has 0 saturated carbocycles. The van der Waals surface area contributed by atoms with Gasteiger partial charge in [0.15, 0.2) is 5.69 Å². The van der Waals surface area contributed by atoms with E-state index in [0.29, 0.717) is 5.01 Å². The number of carbonyl (C=O) groups is 3. The summed E-state index contributed by atoms with van der Waals surface area (Å²) in [6.07, 6.45) is 0. The van der Waals surface area contributed by atoms with Crippen molar-refractivity contribution in [1.82, 2.24) is 15.2 Å². The van der Waals surface area contributed by atoms with Crippen molar-refractivity contribution in [3.05, 3.63) is 16.1 Å². The number of hydrogen-bond acceptors (Lipinski definition) is 6. The Bertz CT molecular complexity index is 502. The van der Waals surface area contributed by atoms with Gasteiger partial charge in [0.25, 0.3) is 0 Å². The van der Waals surface area contributed by atoms with Crippen LogP contribution in [0.2, 0.25) is 0 Å². The molecule has 1 heterocycles. The van der Waals surface area contributed by atoms with Gasteiger partial charge in [-0.05, 0) is 6.92 Å². The summed E-state index contributed by atoms with van der Waals surface area (Å²) in [5.41, 5.74) is -0.0564. The SMILES string of the molecule is CCOC(=O)CN(C)C(=O)NCc1nc(C(=O)O)cs1. The van der Waals surface area contributed by atoms with Crippen LogP contribution in [0.15, 0.2) is 5.38 Å². The average molecular weight is 301 g/mol. The van der Waals surface area contributed by atoms with E-state index < -0.39 is 18.0 Å². The second kappa shape index (κ2) is 7.43. The summed E-state index contributed by atoms with van der Waals surface area (Å²) < 4.78 is 4.72. The molecule has 0 atom stereocenters. The molecule has 0 aliphatic carbocycles. The molecule has 9 heteroatoms. The highest BCUT2D eigenvalue weighted by Crippen LogP contribution is 2.09. The topological polar surface area (TPSA) is 109 Å². The number of hydrogen-bond donors (Lipinski definition) is 2. The monoisotopic (exact) mass is 301 g/mol. The van der Waals surface area contributed by atoms with Crippen molar-refractivity contribution in [2.24, 2.45) is 0 Å². The molecule has 0 aromatic carbocycles. The normalized spacial score (nSPS) is 9.90. The summed E-state index contributed by atoms with van der Waals surface area (Å²) in [6, 6.07) is -0.467. The van der Waals surface area contributed by atoms with Crippen LogP contribution in [0.3, 0.4) is 0 Å². The van der Waals surface area contributed by atoms with Crippen LogP contribution in [-0.4, -0.2) is 53.2 Å². The molecule has 8 nitrogen and oxygen atoms in total. The predicted octanol–water partition coefficient (Wildman–Crippen LogP) is 0.546. The number of esters is 1. The van der Waals surface area contributed by atoms with E-state index in [2.05, 4.69) is 10.3 Å². The highest BCUT2D eigenvalue weighted by molar-refractivity contribution is 7.09. The van der Waals surface area contributed by atoms with Crippen LogP contribution in [0.5, 0.6) is 0 Å². The fourth-order valence-electron chi connectivity index (χ4n) is 1.25. The number of nitrogens with zero attached hydrogens (tertiary/aromatic N) is 2. The molecule has 0 aliphatic heterocycles. The van der Waals surface area contributed by atoms with Crippen LogP contribution in [0.25, 0.3) is 0 Å². The summed E-state index contributed by atoms with van der Waals surface area (Å²) in [4.78, 5) is 38.5. The van der Waals surface area contributed by atoms with Crippen LogP contribution in [-0.2, 0) is 16.1 Å². The number of amides is 2. The minimum atomic E-state index is -1.11. The molecule has 0 spiro atoms. The third-order valence-corrected chi connectivity index (χ3v) is 3.03. The number of nitrogens with one attached hydrogen (secondary N) is 1. The van der Waals surface area contributed by atoms with Gasteiger partial charge < -0.3 is 20.1 Å². The second-order valence-electron chi connectivity index (χ2n) is 3.75. The van der Waals surface area contributed by atoms with Crippen LogP contribution in [0.1, 0.15) is 22.4 Å². The lowest BCUT2D eigenvalue weighted by Crippen LogP contribution is -2.40. The van der Waals surface area contributed by atoms with E-state index in [1.54, 1.807) is 6.92 Å². The third-order valence-electron chi connectivity index (χ3n) is 2.18. The van der Waals surface area contributed by atoms with Gasteiger partial charge in [0.05, 0.1) is 13.2 Å². The Kier molecular flexibility index (Phi) is 5.91. The Morgan fingerprint density at radius 2 is 2.20 bits per heavy atom. The van der Waals surface area contributed by atoms with Gasteiger partial charge >= 0.3 is 18.0 Å². The lowest BCUT2D eigenvalue weighted by Gasteiger charge is -2.16. The summed E-state index contributed by atoms with van der Waals surface area (Å²) in [6.45, 7) is 1.88. The van der Waals surface area contributed by atoms with E-state index in [9.17, 15) is 14.4 Å². The molecule has 2 N–H and O–H groups in total. The van der Waals surface area contributed by atoms with Crippen molar-refractivity contribution >= 4 is 29.3 Å². The Hall–Kier alpha value is -2.16. The maximum absolute atomic E-state index is 11.7. The molecule has 0 aliphatic rings. The molecule has 0 radical (unpaired) electrons. The number of carboxylic acids is 1. The van der Waals surface area contributed by atoms with Crippen LogP contribution in [0, 0.1) is 0 Å². The fourth-order valence-corrected chi connectivity index (χ4v) is 1.96. The Labute approximate surface area is 119 Å². The molecular formula is C11H15N3O5S. The summed E-state index contributed by atoms with van der Waals surface area (Å²) in [7, 11) is 1.46. The van der Waals surface area contributed by atoms with Crippen molar-refractivity contribution in [2.75, 3.05) is 20.2 Å². The first-order valence-electron chi connectivity index (χ1n) is 5.76. The Morgan fingerprint density at radius 3 is 2.75 bits per heavy atom. The molecule has 1 rings (SSSR count).